The molecule has 0 aliphatic heterocycles. The number of nitriles is 1. The lowest BCUT2D eigenvalue weighted by Crippen LogP contribution is -2.21. The van der Waals surface area contributed by atoms with Gasteiger partial charge in [0, 0.05) is 18.0 Å². The quantitative estimate of drug-likeness (QED) is 0.651. The summed E-state index contributed by atoms with van der Waals surface area (Å²) in [5, 5.41) is 36.0. The zero-order valence-electron chi connectivity index (χ0n) is 8.24. The van der Waals surface area contributed by atoms with Crippen LogP contribution < -0.4 is 0 Å². The lowest BCUT2D eigenvalue weighted by Gasteiger charge is -2.15. The fourth-order valence-electron chi connectivity index (χ4n) is 1.19. The molecular weight excluding hydrogens is 212 g/mol. The number of aliphatic hydroxyl groups excluding tert-OH is 2. The molecule has 0 saturated heterocycles. The van der Waals surface area contributed by atoms with Gasteiger partial charge in [-0.3, -0.25) is 9.78 Å². The molecule has 1 aromatic heterocycles. The Kier molecular flexibility index (Phi) is 3.94. The number of carboxylic acids is 1. The van der Waals surface area contributed by atoms with Crippen LogP contribution in [0.2, 0.25) is 0 Å². The molecule has 6 heteroatoms. The molecule has 2 unspecified atom stereocenters. The fraction of sp³-hybridized carbons (Fsp3) is 0.300. The van der Waals surface area contributed by atoms with E-state index in [4.69, 9.17) is 10.4 Å². The third-order valence-electron chi connectivity index (χ3n) is 1.98. The van der Waals surface area contributed by atoms with E-state index < -0.39 is 24.6 Å². The number of aliphatic carboxylic acids is 1. The van der Waals surface area contributed by atoms with Crippen LogP contribution in [0.5, 0.6) is 0 Å². The van der Waals surface area contributed by atoms with Crippen LogP contribution in [0.3, 0.4) is 0 Å². The lowest BCUT2D eigenvalue weighted by molar-refractivity contribution is -0.141. The highest BCUT2D eigenvalue weighted by Gasteiger charge is 2.21. The van der Waals surface area contributed by atoms with Crippen LogP contribution in [-0.4, -0.2) is 32.4 Å². The summed E-state index contributed by atoms with van der Waals surface area (Å²) in [4.78, 5) is 14.0. The number of rotatable bonds is 4. The summed E-state index contributed by atoms with van der Waals surface area (Å²) in [5.74, 6) is -1.21. The van der Waals surface area contributed by atoms with Gasteiger partial charge in [-0.25, -0.2) is 0 Å². The summed E-state index contributed by atoms with van der Waals surface area (Å²) >= 11 is 0. The van der Waals surface area contributed by atoms with Gasteiger partial charge in [-0.2, -0.15) is 5.26 Å². The van der Waals surface area contributed by atoms with E-state index in [9.17, 15) is 15.0 Å². The van der Waals surface area contributed by atoms with Gasteiger partial charge in [-0.15, -0.1) is 0 Å². The van der Waals surface area contributed by atoms with Crippen molar-refractivity contribution in [1.82, 2.24) is 4.98 Å². The molecule has 2 atom stereocenters. The van der Waals surface area contributed by atoms with Crippen molar-refractivity contribution in [3.05, 3.63) is 29.6 Å². The minimum Gasteiger partial charge on any atom is -0.481 e. The predicted octanol–water partition coefficient (Wildman–Crippen LogP) is -0.178. The van der Waals surface area contributed by atoms with Gasteiger partial charge in [-0.1, -0.05) is 0 Å². The maximum Gasteiger partial charge on any atom is 0.306 e. The highest BCUT2D eigenvalue weighted by Crippen LogP contribution is 2.18. The molecule has 16 heavy (non-hydrogen) atoms. The normalized spacial score (nSPS) is 13.8. The van der Waals surface area contributed by atoms with Crippen molar-refractivity contribution >= 4 is 5.97 Å². The van der Waals surface area contributed by atoms with E-state index in [0.29, 0.717) is 0 Å². The van der Waals surface area contributed by atoms with Gasteiger partial charge in [0.15, 0.2) is 0 Å². The van der Waals surface area contributed by atoms with Crippen molar-refractivity contribution in [2.24, 2.45) is 0 Å². The van der Waals surface area contributed by atoms with Gasteiger partial charge in [0.1, 0.15) is 12.2 Å². The Bertz CT molecular complexity index is 427. The number of hydrogen-bond donors (Lipinski definition) is 3. The van der Waals surface area contributed by atoms with Crippen molar-refractivity contribution in [2.75, 3.05) is 0 Å². The third kappa shape index (κ3) is 3.02. The molecule has 0 aliphatic carbocycles. The Hall–Kier alpha value is -1.97. The van der Waals surface area contributed by atoms with Gasteiger partial charge in [-0.05, 0) is 6.07 Å². The largest absolute Gasteiger partial charge is 0.481 e. The van der Waals surface area contributed by atoms with Gasteiger partial charge in [0.2, 0.25) is 0 Å². The van der Waals surface area contributed by atoms with E-state index in [2.05, 4.69) is 4.98 Å². The molecular formula is C10H10N2O4. The number of pyridine rings is 1. The van der Waals surface area contributed by atoms with Crippen LogP contribution in [0.15, 0.2) is 18.5 Å². The summed E-state index contributed by atoms with van der Waals surface area (Å²) in [5.41, 5.74) is 0.451. The maximum atomic E-state index is 10.3. The Morgan fingerprint density at radius 2 is 2.19 bits per heavy atom. The molecule has 0 radical (unpaired) electrons. The molecule has 1 aromatic rings. The first-order valence-corrected chi connectivity index (χ1v) is 4.47. The number of carboxylic acid groups (broad SMARTS) is 1. The SMILES string of the molecule is N#Cc1cncc(C(O)C(O)CC(=O)O)c1. The topological polar surface area (TPSA) is 114 Å². The van der Waals surface area contributed by atoms with E-state index in [0.717, 1.165) is 0 Å². The van der Waals surface area contributed by atoms with E-state index in [-0.39, 0.29) is 11.1 Å². The summed E-state index contributed by atoms with van der Waals surface area (Å²) in [6, 6.07) is 3.18. The van der Waals surface area contributed by atoms with Crippen LogP contribution in [0.4, 0.5) is 0 Å². The van der Waals surface area contributed by atoms with E-state index in [1.165, 1.54) is 18.5 Å². The molecule has 0 amide bonds. The Morgan fingerprint density at radius 1 is 1.50 bits per heavy atom. The van der Waals surface area contributed by atoms with Crippen LogP contribution in [0.1, 0.15) is 23.7 Å². The highest BCUT2D eigenvalue weighted by molar-refractivity contribution is 5.67. The van der Waals surface area contributed by atoms with E-state index >= 15 is 0 Å². The molecule has 0 spiro atoms. The monoisotopic (exact) mass is 222 g/mol. The van der Waals surface area contributed by atoms with Gasteiger partial charge in [0.05, 0.1) is 18.1 Å². The maximum absolute atomic E-state index is 10.3. The first-order valence-electron chi connectivity index (χ1n) is 4.47. The fourth-order valence-corrected chi connectivity index (χ4v) is 1.19. The first-order chi connectivity index (χ1) is 7.54. The smallest absolute Gasteiger partial charge is 0.306 e. The minimum atomic E-state index is -1.42. The second kappa shape index (κ2) is 5.21. The Morgan fingerprint density at radius 3 is 2.75 bits per heavy atom. The predicted molar refractivity (Wildman–Crippen MR) is 52.2 cm³/mol. The Labute approximate surface area is 91.4 Å². The molecule has 1 heterocycles. The zero-order chi connectivity index (χ0) is 12.1. The molecule has 1 rings (SSSR count). The van der Waals surface area contributed by atoms with Crippen molar-refractivity contribution < 1.29 is 20.1 Å². The van der Waals surface area contributed by atoms with Gasteiger partial charge < -0.3 is 15.3 Å². The molecule has 3 N–H and O–H groups in total. The number of carbonyl (C=O) groups is 1. The summed E-state index contributed by atoms with van der Waals surface area (Å²) < 4.78 is 0. The molecule has 0 saturated carbocycles. The number of nitrogens with zero attached hydrogens (tertiary/aromatic N) is 2. The summed E-state index contributed by atoms with van der Waals surface area (Å²) in [6.07, 6.45) is -0.779. The van der Waals surface area contributed by atoms with E-state index in [1.54, 1.807) is 0 Å². The van der Waals surface area contributed by atoms with Crippen LogP contribution in [-0.2, 0) is 4.79 Å². The lowest BCUT2D eigenvalue weighted by atomic mass is 10.0. The van der Waals surface area contributed by atoms with Crippen LogP contribution in [0, 0.1) is 11.3 Å². The molecule has 84 valence electrons. The number of aromatic nitrogens is 1. The third-order valence-corrected chi connectivity index (χ3v) is 1.98. The standard InChI is InChI=1S/C10H10N2O4/c11-3-6-1-7(5-12-4-6)10(16)8(13)2-9(14)15/h1,4-5,8,10,13,16H,2H2,(H,14,15). The van der Waals surface area contributed by atoms with Crippen LogP contribution in [0.25, 0.3) is 0 Å². The van der Waals surface area contributed by atoms with Gasteiger partial charge >= 0.3 is 5.97 Å². The highest BCUT2D eigenvalue weighted by atomic mass is 16.4. The van der Waals surface area contributed by atoms with Crippen molar-refractivity contribution in [2.45, 2.75) is 18.6 Å². The summed E-state index contributed by atoms with van der Waals surface area (Å²) in [7, 11) is 0. The average molecular weight is 222 g/mol. The van der Waals surface area contributed by atoms with Crippen LogP contribution >= 0.6 is 0 Å². The van der Waals surface area contributed by atoms with Gasteiger partial charge in [0.25, 0.3) is 0 Å². The first kappa shape index (κ1) is 12.1. The molecule has 0 fully saturated rings. The van der Waals surface area contributed by atoms with E-state index in [1.807, 2.05) is 6.07 Å². The Balaban J connectivity index is 2.83. The molecule has 0 aromatic carbocycles. The zero-order valence-corrected chi connectivity index (χ0v) is 8.24. The molecule has 6 nitrogen and oxygen atoms in total. The summed E-state index contributed by atoms with van der Waals surface area (Å²) in [6.45, 7) is 0. The molecule has 0 bridgehead atoms. The van der Waals surface area contributed by atoms with Crippen molar-refractivity contribution in [3.8, 4) is 6.07 Å². The van der Waals surface area contributed by atoms with Crippen molar-refractivity contribution in [3.63, 3.8) is 0 Å². The second-order valence-electron chi connectivity index (χ2n) is 3.23. The minimum absolute atomic E-state index is 0.216. The second-order valence-corrected chi connectivity index (χ2v) is 3.23. The number of aliphatic hydroxyl groups is 2. The number of hydrogen-bond acceptors (Lipinski definition) is 5. The average Bonchev–Trinajstić information content (AvgIpc) is 2.27. The van der Waals surface area contributed by atoms with Crippen molar-refractivity contribution in [1.29, 1.82) is 5.26 Å². The molecule has 0 aliphatic rings.